The first-order valence-corrected chi connectivity index (χ1v) is 10.6. The normalized spacial score (nSPS) is 28.2. The van der Waals surface area contributed by atoms with Gasteiger partial charge in [-0.2, -0.15) is 0 Å². The molecule has 6 nitrogen and oxygen atoms in total. The largest absolute Gasteiger partial charge is 0.445 e. The lowest BCUT2D eigenvalue weighted by Gasteiger charge is -2.48. The van der Waals surface area contributed by atoms with Crippen molar-refractivity contribution in [3.05, 3.63) is 47.5 Å². The van der Waals surface area contributed by atoms with E-state index >= 15 is 0 Å². The van der Waals surface area contributed by atoms with Crippen molar-refractivity contribution in [1.29, 1.82) is 0 Å². The molecule has 0 spiro atoms. The second-order valence-electron chi connectivity index (χ2n) is 7.77. The molecule has 0 N–H and O–H groups in total. The van der Waals surface area contributed by atoms with Crippen molar-refractivity contribution < 1.29 is 19.0 Å². The number of morpholine rings is 1. The number of nitrogens with zero attached hydrogens (tertiary/aromatic N) is 2. The topological polar surface area (TPSA) is 51.2 Å². The molecular weight excluding hydrogens is 392 g/mol. The van der Waals surface area contributed by atoms with Gasteiger partial charge < -0.3 is 19.1 Å². The van der Waals surface area contributed by atoms with Crippen LogP contribution in [0.2, 0.25) is 5.02 Å². The third-order valence-electron chi connectivity index (χ3n) is 5.73. The van der Waals surface area contributed by atoms with Crippen molar-refractivity contribution in [3.8, 4) is 0 Å². The van der Waals surface area contributed by atoms with Gasteiger partial charge in [-0.15, -0.1) is 0 Å². The van der Waals surface area contributed by atoms with Crippen molar-refractivity contribution in [2.75, 3.05) is 40.0 Å². The van der Waals surface area contributed by atoms with E-state index in [0.29, 0.717) is 19.7 Å². The van der Waals surface area contributed by atoms with Crippen LogP contribution in [0.3, 0.4) is 0 Å². The summed E-state index contributed by atoms with van der Waals surface area (Å²) in [5.74, 6) is 0. The molecular formula is C22H31ClN2O4. The molecule has 0 aliphatic carbocycles. The molecule has 2 aliphatic heterocycles. The minimum absolute atomic E-state index is 0.0713. The smallest absolute Gasteiger partial charge is 0.410 e. The molecule has 1 aromatic rings. The average Bonchev–Trinajstić information content (AvgIpc) is 2.74. The Morgan fingerprint density at radius 1 is 1.34 bits per heavy atom. The minimum atomic E-state index is -0.307. The van der Waals surface area contributed by atoms with Gasteiger partial charge >= 0.3 is 6.09 Å². The third-order valence-corrected chi connectivity index (χ3v) is 5.98. The summed E-state index contributed by atoms with van der Waals surface area (Å²) in [6.07, 6.45) is 3.10. The molecule has 2 fully saturated rings. The number of amides is 1. The summed E-state index contributed by atoms with van der Waals surface area (Å²) in [7, 11) is 1.72. The Bertz CT molecular complexity index is 684. The first-order valence-electron chi connectivity index (χ1n) is 10.2. The van der Waals surface area contributed by atoms with Crippen LogP contribution in [-0.2, 0) is 20.6 Å². The molecule has 1 amide bonds. The summed E-state index contributed by atoms with van der Waals surface area (Å²) < 4.78 is 17.0. The first kappa shape index (κ1) is 22.1. The Kier molecular flexibility index (Phi) is 7.95. The standard InChI is InChI=1S/C22H31ClN2O4/c1-4-11-28-22(26)24-10-9-20(21(14-24)27-3)25-13-16(2)29-15-19(25)12-17-5-7-18(23)8-6-17/h4-8,16,19-21H,1,9-15H2,2-3H3/t16-,19?,20-,21-/m0/s1. The van der Waals surface area contributed by atoms with Gasteiger partial charge in [0.2, 0.25) is 0 Å². The van der Waals surface area contributed by atoms with Crippen LogP contribution >= 0.6 is 11.6 Å². The van der Waals surface area contributed by atoms with Gasteiger partial charge in [-0.3, -0.25) is 4.90 Å². The second kappa shape index (κ2) is 10.4. The van der Waals surface area contributed by atoms with Gasteiger partial charge in [0.05, 0.1) is 25.4 Å². The van der Waals surface area contributed by atoms with Crippen LogP contribution in [0.1, 0.15) is 18.9 Å². The van der Waals surface area contributed by atoms with Crippen LogP contribution in [0.4, 0.5) is 4.79 Å². The van der Waals surface area contributed by atoms with Crippen LogP contribution in [-0.4, -0.2) is 80.1 Å². The number of hydrogen-bond donors (Lipinski definition) is 0. The van der Waals surface area contributed by atoms with Crippen molar-refractivity contribution in [3.63, 3.8) is 0 Å². The summed E-state index contributed by atoms with van der Waals surface area (Å²) >= 11 is 6.03. The van der Waals surface area contributed by atoms with E-state index in [1.807, 2.05) is 12.1 Å². The average molecular weight is 423 g/mol. The number of likely N-dealkylation sites (tertiary alicyclic amines) is 1. The van der Waals surface area contributed by atoms with E-state index in [1.165, 1.54) is 5.56 Å². The van der Waals surface area contributed by atoms with Gasteiger partial charge in [0.25, 0.3) is 0 Å². The van der Waals surface area contributed by atoms with Gasteiger partial charge in [-0.1, -0.05) is 36.4 Å². The van der Waals surface area contributed by atoms with E-state index in [2.05, 4.69) is 30.5 Å². The highest BCUT2D eigenvalue weighted by molar-refractivity contribution is 6.30. The number of benzene rings is 1. The van der Waals surface area contributed by atoms with E-state index in [0.717, 1.165) is 24.4 Å². The maximum Gasteiger partial charge on any atom is 0.410 e. The lowest BCUT2D eigenvalue weighted by Crippen LogP contribution is -2.62. The lowest BCUT2D eigenvalue weighted by atomic mass is 9.94. The molecule has 1 unspecified atom stereocenters. The van der Waals surface area contributed by atoms with Crippen molar-refractivity contribution in [1.82, 2.24) is 9.80 Å². The van der Waals surface area contributed by atoms with Gasteiger partial charge in [-0.25, -0.2) is 4.79 Å². The van der Waals surface area contributed by atoms with Crippen LogP contribution < -0.4 is 0 Å². The number of rotatable bonds is 6. The van der Waals surface area contributed by atoms with Gasteiger partial charge in [0.1, 0.15) is 6.61 Å². The van der Waals surface area contributed by atoms with E-state index in [4.69, 9.17) is 25.8 Å². The number of piperidine rings is 1. The van der Waals surface area contributed by atoms with E-state index < -0.39 is 0 Å². The predicted molar refractivity (Wildman–Crippen MR) is 113 cm³/mol. The molecule has 1 aromatic carbocycles. The fraction of sp³-hybridized carbons (Fsp3) is 0.591. The lowest BCUT2D eigenvalue weighted by molar-refractivity contribution is -0.112. The van der Waals surface area contributed by atoms with E-state index in [-0.39, 0.29) is 37.0 Å². The number of methoxy groups -OCH3 is 1. The number of carbonyl (C=O) groups is 1. The summed E-state index contributed by atoms with van der Waals surface area (Å²) in [5, 5.41) is 0.745. The summed E-state index contributed by atoms with van der Waals surface area (Å²) in [6.45, 7) is 8.63. The van der Waals surface area contributed by atoms with Crippen molar-refractivity contribution in [2.45, 2.75) is 44.1 Å². The fourth-order valence-electron chi connectivity index (χ4n) is 4.25. The number of halogens is 1. The molecule has 160 valence electrons. The maximum absolute atomic E-state index is 12.2. The van der Waals surface area contributed by atoms with Crippen LogP contribution in [0.5, 0.6) is 0 Å². The molecule has 0 radical (unpaired) electrons. The highest BCUT2D eigenvalue weighted by atomic mass is 35.5. The molecule has 3 rings (SSSR count). The van der Waals surface area contributed by atoms with E-state index in [1.54, 1.807) is 18.1 Å². The number of ether oxygens (including phenoxy) is 3. The predicted octanol–water partition coefficient (Wildman–Crippen LogP) is 3.38. The van der Waals surface area contributed by atoms with E-state index in [9.17, 15) is 4.79 Å². The molecule has 29 heavy (non-hydrogen) atoms. The van der Waals surface area contributed by atoms with Gasteiger partial charge in [0.15, 0.2) is 0 Å². The highest BCUT2D eigenvalue weighted by Crippen LogP contribution is 2.27. The molecule has 0 aromatic heterocycles. The Hall–Kier alpha value is -1.60. The summed E-state index contributed by atoms with van der Waals surface area (Å²) in [4.78, 5) is 16.5. The molecule has 2 saturated heterocycles. The molecule has 2 heterocycles. The molecule has 0 saturated carbocycles. The minimum Gasteiger partial charge on any atom is -0.445 e. The molecule has 7 heteroatoms. The monoisotopic (exact) mass is 422 g/mol. The zero-order chi connectivity index (χ0) is 20.8. The first-order chi connectivity index (χ1) is 14.0. The van der Waals surface area contributed by atoms with Crippen LogP contribution in [0.25, 0.3) is 0 Å². The second-order valence-corrected chi connectivity index (χ2v) is 8.20. The SMILES string of the molecule is C=CCOC(=O)N1CC[C@H](N2C[C@H](C)OCC2Cc2ccc(Cl)cc2)[C@@H](OC)C1. The molecule has 4 atom stereocenters. The van der Waals surface area contributed by atoms with Crippen molar-refractivity contribution >= 4 is 17.7 Å². The maximum atomic E-state index is 12.2. The quantitative estimate of drug-likeness (QED) is 0.658. The summed E-state index contributed by atoms with van der Waals surface area (Å²) in [5.41, 5.74) is 1.24. The number of carbonyl (C=O) groups excluding carboxylic acids is 1. The highest BCUT2D eigenvalue weighted by Gasteiger charge is 2.40. The number of hydrogen-bond acceptors (Lipinski definition) is 5. The molecule has 0 bridgehead atoms. The Morgan fingerprint density at radius 2 is 2.10 bits per heavy atom. The zero-order valence-electron chi connectivity index (χ0n) is 17.3. The Labute approximate surface area is 178 Å². The summed E-state index contributed by atoms with van der Waals surface area (Å²) in [6, 6.07) is 8.49. The fourth-order valence-corrected chi connectivity index (χ4v) is 4.37. The Balaban J connectivity index is 1.69. The Morgan fingerprint density at radius 3 is 2.79 bits per heavy atom. The zero-order valence-corrected chi connectivity index (χ0v) is 18.0. The van der Waals surface area contributed by atoms with Crippen LogP contribution in [0.15, 0.2) is 36.9 Å². The van der Waals surface area contributed by atoms with Gasteiger partial charge in [-0.05, 0) is 37.5 Å². The molecule has 2 aliphatic rings. The van der Waals surface area contributed by atoms with Crippen LogP contribution in [0, 0.1) is 0 Å². The van der Waals surface area contributed by atoms with Gasteiger partial charge in [0, 0.05) is 37.3 Å². The van der Waals surface area contributed by atoms with Crippen molar-refractivity contribution in [2.24, 2.45) is 0 Å². The third kappa shape index (κ3) is 5.72.